The number of H-pyrrole nitrogens is 1. The highest BCUT2D eigenvalue weighted by atomic mass is 32.1. The Morgan fingerprint density at radius 3 is 2.95 bits per heavy atom. The first-order valence-corrected chi connectivity index (χ1v) is 7.14. The van der Waals surface area contributed by atoms with Crippen molar-refractivity contribution in [2.45, 2.75) is 38.3 Å². The maximum Gasteiger partial charge on any atom is 0.178 e. The lowest BCUT2D eigenvalue weighted by Crippen LogP contribution is -2.13. The van der Waals surface area contributed by atoms with Crippen molar-refractivity contribution in [1.29, 1.82) is 0 Å². The summed E-state index contributed by atoms with van der Waals surface area (Å²) in [5.41, 5.74) is 1.67. The highest BCUT2D eigenvalue weighted by molar-refractivity contribution is 7.71. The van der Waals surface area contributed by atoms with Gasteiger partial charge in [-0.15, -0.1) is 0 Å². The number of nitrogens with one attached hydrogen (secondary N) is 1. The van der Waals surface area contributed by atoms with E-state index in [-0.39, 0.29) is 5.82 Å². The quantitative estimate of drug-likeness (QED) is 0.863. The van der Waals surface area contributed by atoms with E-state index in [1.165, 1.54) is 25.0 Å². The van der Waals surface area contributed by atoms with Gasteiger partial charge < -0.3 is 14.3 Å². The van der Waals surface area contributed by atoms with Gasteiger partial charge in [-0.3, -0.25) is 0 Å². The van der Waals surface area contributed by atoms with Crippen molar-refractivity contribution in [2.24, 2.45) is 0 Å². The fourth-order valence-corrected chi connectivity index (χ4v) is 3.01. The second kappa shape index (κ2) is 5.43. The Bertz CT molecular complexity index is 628. The first-order chi connectivity index (χ1) is 9.24. The Morgan fingerprint density at radius 2 is 2.16 bits per heavy atom. The fraction of sp³-hybridized carbons (Fsp3) is 0.500. The number of fused-ring (bicyclic) bond motifs is 1. The summed E-state index contributed by atoms with van der Waals surface area (Å²) in [5.74, 6) is -0.244. The van der Waals surface area contributed by atoms with Crippen LogP contribution in [0.4, 0.5) is 4.39 Å². The molecular weight excluding hydrogens is 263 g/mol. The van der Waals surface area contributed by atoms with Crippen LogP contribution in [0.25, 0.3) is 11.0 Å². The van der Waals surface area contributed by atoms with E-state index in [2.05, 4.69) is 4.98 Å². The molecule has 0 aliphatic heterocycles. The van der Waals surface area contributed by atoms with Crippen LogP contribution in [0.1, 0.15) is 25.7 Å². The van der Waals surface area contributed by atoms with Crippen molar-refractivity contribution >= 4 is 23.3 Å². The molecule has 102 valence electrons. The van der Waals surface area contributed by atoms with Crippen LogP contribution < -0.4 is 0 Å². The molecule has 0 unspecified atom stereocenters. The highest BCUT2D eigenvalue weighted by Crippen LogP contribution is 2.21. The molecule has 1 saturated carbocycles. The highest BCUT2D eigenvalue weighted by Gasteiger charge is 2.15. The van der Waals surface area contributed by atoms with Crippen molar-refractivity contribution in [3.8, 4) is 0 Å². The molecule has 1 aliphatic carbocycles. The van der Waals surface area contributed by atoms with Crippen LogP contribution in [-0.4, -0.2) is 22.3 Å². The third kappa shape index (κ3) is 2.72. The molecule has 0 bridgehead atoms. The van der Waals surface area contributed by atoms with E-state index in [1.807, 2.05) is 4.57 Å². The van der Waals surface area contributed by atoms with Crippen molar-refractivity contribution in [3.05, 3.63) is 28.8 Å². The zero-order valence-electron chi connectivity index (χ0n) is 10.7. The van der Waals surface area contributed by atoms with Crippen molar-refractivity contribution in [1.82, 2.24) is 9.55 Å². The van der Waals surface area contributed by atoms with Crippen LogP contribution in [0.15, 0.2) is 18.2 Å². The molecule has 1 N–H and O–H groups in total. The molecule has 0 atom stereocenters. The lowest BCUT2D eigenvalue weighted by Gasteiger charge is -2.11. The first-order valence-electron chi connectivity index (χ1n) is 6.74. The van der Waals surface area contributed by atoms with E-state index in [9.17, 15) is 4.39 Å². The summed E-state index contributed by atoms with van der Waals surface area (Å²) in [5, 5.41) is 0. The Balaban J connectivity index is 1.74. The summed E-state index contributed by atoms with van der Waals surface area (Å²) in [6.07, 6.45) is 5.25. The molecule has 5 heteroatoms. The van der Waals surface area contributed by atoms with E-state index in [4.69, 9.17) is 17.0 Å². The summed E-state index contributed by atoms with van der Waals surface area (Å²) in [7, 11) is 0. The van der Waals surface area contributed by atoms with Crippen molar-refractivity contribution < 1.29 is 9.13 Å². The van der Waals surface area contributed by atoms with Gasteiger partial charge in [0, 0.05) is 6.54 Å². The number of imidazole rings is 1. The molecule has 3 nitrogen and oxygen atoms in total. The largest absolute Gasteiger partial charge is 0.376 e. The topological polar surface area (TPSA) is 29.9 Å². The Labute approximate surface area is 116 Å². The van der Waals surface area contributed by atoms with Gasteiger partial charge in [0.1, 0.15) is 5.82 Å². The zero-order chi connectivity index (χ0) is 13.2. The molecular formula is C14H17FN2OS. The molecule has 0 radical (unpaired) electrons. The summed E-state index contributed by atoms with van der Waals surface area (Å²) >= 11 is 5.27. The van der Waals surface area contributed by atoms with Gasteiger partial charge in [0.2, 0.25) is 0 Å². The average molecular weight is 280 g/mol. The lowest BCUT2D eigenvalue weighted by atomic mass is 10.3. The van der Waals surface area contributed by atoms with Crippen LogP contribution >= 0.6 is 12.2 Å². The van der Waals surface area contributed by atoms with Gasteiger partial charge in [-0.05, 0) is 43.3 Å². The van der Waals surface area contributed by atoms with Gasteiger partial charge >= 0.3 is 0 Å². The number of hydrogen-bond donors (Lipinski definition) is 1. The SMILES string of the molecule is Fc1ccc2[nH]c(=S)n(CCOC3CCCC3)c2c1. The van der Waals surface area contributed by atoms with Crippen LogP contribution in [0.3, 0.4) is 0 Å². The maximum atomic E-state index is 13.3. The minimum absolute atomic E-state index is 0.244. The van der Waals surface area contributed by atoms with E-state index in [1.54, 1.807) is 6.07 Å². The Morgan fingerprint density at radius 1 is 1.37 bits per heavy atom. The van der Waals surface area contributed by atoms with Gasteiger partial charge in [-0.25, -0.2) is 4.39 Å². The van der Waals surface area contributed by atoms with Crippen LogP contribution in [0.2, 0.25) is 0 Å². The Kier molecular flexibility index (Phi) is 3.66. The predicted molar refractivity (Wildman–Crippen MR) is 75.3 cm³/mol. The number of ether oxygens (including phenoxy) is 1. The summed E-state index contributed by atoms with van der Waals surface area (Å²) in [6.45, 7) is 1.29. The van der Waals surface area contributed by atoms with E-state index >= 15 is 0 Å². The lowest BCUT2D eigenvalue weighted by molar-refractivity contribution is 0.0533. The van der Waals surface area contributed by atoms with Gasteiger partial charge in [0.25, 0.3) is 0 Å². The molecule has 3 rings (SSSR count). The van der Waals surface area contributed by atoms with Gasteiger partial charge in [-0.1, -0.05) is 12.8 Å². The Hall–Kier alpha value is -1.20. The second-order valence-corrected chi connectivity index (χ2v) is 5.41. The molecule has 0 saturated heterocycles. The number of aromatic amines is 1. The van der Waals surface area contributed by atoms with Crippen LogP contribution in [0, 0.1) is 10.6 Å². The molecule has 2 aromatic rings. The van der Waals surface area contributed by atoms with Crippen molar-refractivity contribution in [2.75, 3.05) is 6.61 Å². The van der Waals surface area contributed by atoms with Crippen LogP contribution in [0.5, 0.6) is 0 Å². The van der Waals surface area contributed by atoms with Crippen LogP contribution in [-0.2, 0) is 11.3 Å². The van der Waals surface area contributed by atoms with Crippen molar-refractivity contribution in [3.63, 3.8) is 0 Å². The number of benzene rings is 1. The minimum Gasteiger partial charge on any atom is -0.376 e. The summed E-state index contributed by atoms with van der Waals surface area (Å²) in [4.78, 5) is 3.09. The molecule has 1 aliphatic rings. The third-order valence-corrected chi connectivity index (χ3v) is 4.03. The number of nitrogens with zero attached hydrogens (tertiary/aromatic N) is 1. The average Bonchev–Trinajstić information content (AvgIpc) is 2.99. The van der Waals surface area contributed by atoms with Gasteiger partial charge in [0.15, 0.2) is 4.77 Å². The molecule has 19 heavy (non-hydrogen) atoms. The smallest absolute Gasteiger partial charge is 0.178 e. The number of hydrogen-bond acceptors (Lipinski definition) is 2. The first kappa shape index (κ1) is 12.8. The molecule has 1 aromatic heterocycles. The number of halogens is 1. The molecule has 1 aromatic carbocycles. The molecule has 1 fully saturated rings. The monoisotopic (exact) mass is 280 g/mol. The second-order valence-electron chi connectivity index (χ2n) is 5.02. The molecule has 1 heterocycles. The maximum absolute atomic E-state index is 13.3. The molecule has 0 spiro atoms. The summed E-state index contributed by atoms with van der Waals surface area (Å²) < 4.78 is 21.7. The van der Waals surface area contributed by atoms with Gasteiger partial charge in [0.05, 0.1) is 23.7 Å². The summed E-state index contributed by atoms with van der Waals surface area (Å²) in [6, 6.07) is 4.67. The zero-order valence-corrected chi connectivity index (χ0v) is 11.5. The fourth-order valence-electron chi connectivity index (χ4n) is 2.71. The normalized spacial score (nSPS) is 16.5. The number of aromatic nitrogens is 2. The van der Waals surface area contributed by atoms with E-state index in [0.29, 0.717) is 24.0 Å². The van der Waals surface area contributed by atoms with Gasteiger partial charge in [-0.2, -0.15) is 0 Å². The standard InChI is InChI=1S/C14H17FN2OS/c15-10-5-6-12-13(9-10)17(14(19)16-12)7-8-18-11-3-1-2-4-11/h5-6,9,11H,1-4,7-8H2,(H,16,19). The minimum atomic E-state index is -0.244. The van der Waals surface area contributed by atoms with E-state index < -0.39 is 0 Å². The third-order valence-electron chi connectivity index (χ3n) is 3.71. The number of rotatable bonds is 4. The molecule has 0 amide bonds. The van der Waals surface area contributed by atoms with E-state index in [0.717, 1.165) is 23.9 Å². The predicted octanol–water partition coefficient (Wildman–Crippen LogP) is 3.80.